The van der Waals surface area contributed by atoms with E-state index in [9.17, 15) is 46.0 Å². The Morgan fingerprint density at radius 1 is 0.743 bits per heavy atom. The average molecular weight is 514 g/mol. The summed E-state index contributed by atoms with van der Waals surface area (Å²) < 4.78 is 33.2. The molecule has 0 bridgehead atoms. The molecule has 9 N–H and O–H groups in total. The zero-order valence-corrected chi connectivity index (χ0v) is 18.9. The molecule has 15 atom stereocenters. The molecule has 204 valence electrons. The zero-order valence-electron chi connectivity index (χ0n) is 18.9. The van der Waals surface area contributed by atoms with Crippen molar-refractivity contribution in [3.8, 4) is 0 Å². The number of aliphatic hydroxyl groups is 9. The number of hydrogen-bond acceptors (Lipinski definition) is 15. The van der Waals surface area contributed by atoms with Crippen LogP contribution in [0, 0.1) is 5.92 Å². The van der Waals surface area contributed by atoms with E-state index in [0.29, 0.717) is 0 Å². The van der Waals surface area contributed by atoms with Gasteiger partial charge in [-0.2, -0.15) is 0 Å². The second-order valence-corrected chi connectivity index (χ2v) is 9.29. The highest BCUT2D eigenvalue weighted by Crippen LogP contribution is 2.51. The SMILES string of the molecule is COC1CC(CO)C(O)C(OC23OC(CO)C(O)C(OC4OC(CO)C(O)C(O)C4O)C2O3)C1O. The highest BCUT2D eigenvalue weighted by molar-refractivity contribution is 5.06. The van der Waals surface area contributed by atoms with E-state index in [0.717, 1.165) is 0 Å². The zero-order chi connectivity index (χ0) is 25.7. The molecule has 4 aliphatic rings. The lowest BCUT2D eigenvalue weighted by Crippen LogP contribution is -2.63. The molecule has 0 spiro atoms. The van der Waals surface area contributed by atoms with Crippen LogP contribution in [0.2, 0.25) is 0 Å². The monoisotopic (exact) mass is 514 g/mol. The Kier molecular flexibility index (Phi) is 8.34. The molecule has 0 aromatic rings. The van der Waals surface area contributed by atoms with Gasteiger partial charge in [-0.05, 0) is 6.42 Å². The summed E-state index contributed by atoms with van der Waals surface area (Å²) in [7, 11) is 1.35. The lowest BCUT2D eigenvalue weighted by molar-refractivity contribution is -0.352. The molecule has 0 aromatic carbocycles. The maximum absolute atomic E-state index is 10.7. The topological polar surface area (TPSA) is 241 Å². The number of fused-ring (bicyclic) bond motifs is 1. The van der Waals surface area contributed by atoms with Crippen LogP contribution in [0.3, 0.4) is 0 Å². The summed E-state index contributed by atoms with van der Waals surface area (Å²) >= 11 is 0. The van der Waals surface area contributed by atoms with Crippen molar-refractivity contribution in [1.29, 1.82) is 0 Å². The van der Waals surface area contributed by atoms with Gasteiger partial charge in [0.15, 0.2) is 12.4 Å². The van der Waals surface area contributed by atoms with Crippen LogP contribution >= 0.6 is 0 Å². The third-order valence-electron chi connectivity index (χ3n) is 7.14. The fourth-order valence-corrected chi connectivity index (χ4v) is 4.94. The van der Waals surface area contributed by atoms with E-state index in [-0.39, 0.29) is 6.42 Å². The summed E-state index contributed by atoms with van der Waals surface area (Å²) in [4.78, 5) is 0. The first-order valence-corrected chi connectivity index (χ1v) is 11.4. The lowest BCUT2D eigenvalue weighted by atomic mass is 9.81. The van der Waals surface area contributed by atoms with Crippen LogP contribution in [0.15, 0.2) is 0 Å². The van der Waals surface area contributed by atoms with Crippen LogP contribution in [0.4, 0.5) is 0 Å². The van der Waals surface area contributed by atoms with Gasteiger partial charge in [-0.25, -0.2) is 0 Å². The van der Waals surface area contributed by atoms with Crippen molar-refractivity contribution in [2.24, 2.45) is 5.92 Å². The van der Waals surface area contributed by atoms with Crippen LogP contribution in [-0.4, -0.2) is 158 Å². The summed E-state index contributed by atoms with van der Waals surface area (Å²) in [5.41, 5.74) is 0. The summed E-state index contributed by atoms with van der Waals surface area (Å²) in [6.07, 6.45) is -18.1. The lowest BCUT2D eigenvalue weighted by Gasteiger charge is -2.44. The predicted octanol–water partition coefficient (Wildman–Crippen LogP) is -5.89. The number of rotatable bonds is 8. The molecule has 15 unspecified atom stereocenters. The Labute approximate surface area is 199 Å². The second-order valence-electron chi connectivity index (χ2n) is 9.29. The molecule has 35 heavy (non-hydrogen) atoms. The smallest absolute Gasteiger partial charge is 0.315 e. The molecule has 0 aromatic heterocycles. The molecule has 4 fully saturated rings. The summed E-state index contributed by atoms with van der Waals surface area (Å²) in [5.74, 6) is -2.67. The molecule has 15 nitrogen and oxygen atoms in total. The Morgan fingerprint density at radius 2 is 1.43 bits per heavy atom. The largest absolute Gasteiger partial charge is 0.396 e. The van der Waals surface area contributed by atoms with Gasteiger partial charge in [0.1, 0.15) is 54.9 Å². The van der Waals surface area contributed by atoms with Gasteiger partial charge in [0.25, 0.3) is 0 Å². The van der Waals surface area contributed by atoms with Crippen molar-refractivity contribution < 1.29 is 74.4 Å². The Morgan fingerprint density at radius 3 is 2.03 bits per heavy atom. The van der Waals surface area contributed by atoms with E-state index in [1.54, 1.807) is 0 Å². The standard InChI is InChI=1S/C20H34O15/c1-30-7-2-6(3-21)10(24)16(12(7)26)34-20-18(35-20)17(13(27)9(5-23)33-20)32-19-15(29)14(28)11(25)8(4-22)31-19/h6-19,21-29H,2-5H2,1H3. The first kappa shape index (κ1) is 27.4. The van der Waals surface area contributed by atoms with Gasteiger partial charge in [-0.3, -0.25) is 0 Å². The predicted molar refractivity (Wildman–Crippen MR) is 107 cm³/mol. The molecule has 15 heteroatoms. The summed E-state index contributed by atoms with van der Waals surface area (Å²) in [5, 5.41) is 91.0. The molecule has 3 aliphatic heterocycles. The molecule has 1 saturated carbocycles. The molecular weight excluding hydrogens is 480 g/mol. The van der Waals surface area contributed by atoms with Gasteiger partial charge in [0.05, 0.1) is 25.4 Å². The van der Waals surface area contributed by atoms with Crippen LogP contribution in [0.5, 0.6) is 0 Å². The van der Waals surface area contributed by atoms with E-state index in [4.69, 9.17) is 28.4 Å². The molecule has 0 amide bonds. The Bertz CT molecular complexity index is 696. The van der Waals surface area contributed by atoms with Crippen molar-refractivity contribution >= 4 is 0 Å². The fraction of sp³-hybridized carbons (Fsp3) is 1.00. The van der Waals surface area contributed by atoms with Crippen LogP contribution in [0.1, 0.15) is 6.42 Å². The normalized spacial score (nSPS) is 54.3. The van der Waals surface area contributed by atoms with E-state index in [1.165, 1.54) is 7.11 Å². The van der Waals surface area contributed by atoms with Gasteiger partial charge in [-0.1, -0.05) is 0 Å². The van der Waals surface area contributed by atoms with Gasteiger partial charge in [0, 0.05) is 19.6 Å². The quantitative estimate of drug-likeness (QED) is 0.137. The third kappa shape index (κ3) is 4.85. The highest BCUT2D eigenvalue weighted by Gasteiger charge is 2.73. The van der Waals surface area contributed by atoms with Crippen molar-refractivity contribution in [3.05, 3.63) is 0 Å². The number of hydrogen-bond donors (Lipinski definition) is 9. The maximum atomic E-state index is 10.7. The average Bonchev–Trinajstić information content (AvgIpc) is 3.57. The highest BCUT2D eigenvalue weighted by atomic mass is 17.0. The molecular formula is C20H34O15. The van der Waals surface area contributed by atoms with Gasteiger partial charge in [0.2, 0.25) is 0 Å². The van der Waals surface area contributed by atoms with Crippen molar-refractivity contribution in [2.75, 3.05) is 26.9 Å². The number of methoxy groups -OCH3 is 1. The number of aliphatic hydroxyl groups excluding tert-OH is 9. The molecule has 4 rings (SSSR count). The summed E-state index contributed by atoms with van der Waals surface area (Å²) in [6, 6.07) is 0. The number of ether oxygens (including phenoxy) is 6. The van der Waals surface area contributed by atoms with Gasteiger partial charge < -0.3 is 74.4 Å². The van der Waals surface area contributed by atoms with Crippen LogP contribution in [-0.2, 0) is 28.4 Å². The second kappa shape index (κ2) is 10.6. The van der Waals surface area contributed by atoms with Crippen LogP contribution < -0.4 is 0 Å². The first-order valence-electron chi connectivity index (χ1n) is 11.4. The number of epoxide rings is 1. The summed E-state index contributed by atoms with van der Waals surface area (Å²) in [6.45, 7) is -1.82. The minimum atomic E-state index is -1.98. The van der Waals surface area contributed by atoms with E-state index >= 15 is 0 Å². The minimum Gasteiger partial charge on any atom is -0.396 e. The van der Waals surface area contributed by atoms with Crippen molar-refractivity contribution in [3.63, 3.8) is 0 Å². The Hall–Kier alpha value is -0.600. The maximum Gasteiger partial charge on any atom is 0.315 e. The molecule has 1 aliphatic carbocycles. The molecule has 3 saturated heterocycles. The molecule has 3 heterocycles. The van der Waals surface area contributed by atoms with Crippen LogP contribution in [0.25, 0.3) is 0 Å². The fourth-order valence-electron chi connectivity index (χ4n) is 4.94. The van der Waals surface area contributed by atoms with Gasteiger partial charge in [-0.15, -0.1) is 0 Å². The van der Waals surface area contributed by atoms with E-state index in [2.05, 4.69) is 0 Å². The van der Waals surface area contributed by atoms with E-state index < -0.39 is 111 Å². The van der Waals surface area contributed by atoms with Crippen molar-refractivity contribution in [1.82, 2.24) is 0 Å². The third-order valence-corrected chi connectivity index (χ3v) is 7.14. The first-order chi connectivity index (χ1) is 16.6. The van der Waals surface area contributed by atoms with Crippen molar-refractivity contribution in [2.45, 2.75) is 91.9 Å². The Balaban J connectivity index is 1.53. The van der Waals surface area contributed by atoms with E-state index in [1.807, 2.05) is 0 Å². The van der Waals surface area contributed by atoms with Gasteiger partial charge >= 0.3 is 5.97 Å². The molecule has 0 radical (unpaired) electrons. The minimum absolute atomic E-state index is 0.161.